The number of hydrogen-bond donors (Lipinski definition) is 1. The number of hydrogen-bond acceptors (Lipinski definition) is 2. The van der Waals surface area contributed by atoms with Crippen LogP contribution in [0.2, 0.25) is 0 Å². The van der Waals surface area contributed by atoms with Crippen molar-refractivity contribution in [3.05, 3.63) is 51.7 Å². The number of aromatic nitrogens is 2. The van der Waals surface area contributed by atoms with Crippen molar-refractivity contribution in [3.8, 4) is 5.69 Å². The van der Waals surface area contributed by atoms with Gasteiger partial charge in [-0.15, -0.1) is 0 Å². The number of benzene rings is 2. The fourth-order valence-electron chi connectivity index (χ4n) is 2.43. The Bertz CT molecular complexity index is 824. The van der Waals surface area contributed by atoms with Crippen LogP contribution in [0.5, 0.6) is 0 Å². The summed E-state index contributed by atoms with van der Waals surface area (Å²) in [6.07, 6.45) is 0. The van der Waals surface area contributed by atoms with Crippen LogP contribution in [0, 0.1) is 19.7 Å². The average molecular weight is 334 g/mol. The Balaban J connectivity index is 2.41. The molecule has 0 atom stereocenters. The molecule has 20 heavy (non-hydrogen) atoms. The predicted molar refractivity (Wildman–Crippen MR) is 82.6 cm³/mol. The fourth-order valence-corrected chi connectivity index (χ4v) is 2.76. The molecular weight excluding hydrogens is 321 g/mol. The van der Waals surface area contributed by atoms with Crippen LogP contribution in [-0.2, 0) is 0 Å². The molecule has 0 spiro atoms. The van der Waals surface area contributed by atoms with Gasteiger partial charge in [0, 0.05) is 0 Å². The highest BCUT2D eigenvalue weighted by molar-refractivity contribution is 9.10. The van der Waals surface area contributed by atoms with E-state index >= 15 is 0 Å². The molecule has 0 radical (unpaired) electrons. The van der Waals surface area contributed by atoms with Crippen molar-refractivity contribution in [2.24, 2.45) is 0 Å². The van der Waals surface area contributed by atoms with Crippen LogP contribution < -0.4 is 5.73 Å². The molecule has 0 bridgehead atoms. The van der Waals surface area contributed by atoms with Crippen LogP contribution >= 0.6 is 15.9 Å². The first-order valence-corrected chi connectivity index (χ1v) is 6.98. The van der Waals surface area contributed by atoms with Gasteiger partial charge in [0.1, 0.15) is 5.82 Å². The molecular formula is C15H13BrFN3. The van der Waals surface area contributed by atoms with Gasteiger partial charge in [0.05, 0.1) is 21.2 Å². The smallest absolute Gasteiger partial charge is 0.205 e. The minimum absolute atomic E-state index is 0.286. The van der Waals surface area contributed by atoms with E-state index in [4.69, 9.17) is 5.73 Å². The normalized spacial score (nSPS) is 11.2. The first kappa shape index (κ1) is 13.1. The van der Waals surface area contributed by atoms with E-state index in [0.29, 0.717) is 10.4 Å². The molecule has 0 aliphatic heterocycles. The maximum atomic E-state index is 13.6. The van der Waals surface area contributed by atoms with Crippen molar-refractivity contribution in [1.82, 2.24) is 9.55 Å². The number of nitrogen functional groups attached to an aromatic ring is 1. The second kappa shape index (κ2) is 4.59. The fraction of sp³-hybridized carbons (Fsp3) is 0.133. The molecule has 3 aromatic rings. The standard InChI is InChI=1S/C15H13BrFN3/c1-8-4-3-5-12-14(8)20(15(18)19-12)13-7-10(16)11(17)6-9(13)2/h3-7H,1-2H3,(H2,18,19). The Labute approximate surface area is 124 Å². The molecule has 3 rings (SSSR count). The minimum atomic E-state index is -0.286. The lowest BCUT2D eigenvalue weighted by molar-refractivity contribution is 0.619. The molecule has 1 aromatic heterocycles. The molecule has 2 aromatic carbocycles. The maximum Gasteiger partial charge on any atom is 0.205 e. The second-order valence-corrected chi connectivity index (χ2v) is 5.66. The molecule has 3 nitrogen and oxygen atoms in total. The molecule has 0 saturated carbocycles. The molecule has 5 heteroatoms. The lowest BCUT2D eigenvalue weighted by Gasteiger charge is -2.12. The number of anilines is 1. The Morgan fingerprint density at radius 2 is 1.95 bits per heavy atom. The van der Waals surface area contributed by atoms with E-state index < -0.39 is 0 Å². The quantitative estimate of drug-likeness (QED) is 0.727. The first-order chi connectivity index (χ1) is 9.49. The third-order valence-electron chi connectivity index (χ3n) is 3.38. The van der Waals surface area contributed by atoms with E-state index in [1.165, 1.54) is 6.07 Å². The number of rotatable bonds is 1. The van der Waals surface area contributed by atoms with Crippen molar-refractivity contribution < 1.29 is 4.39 Å². The van der Waals surface area contributed by atoms with E-state index in [1.54, 1.807) is 6.07 Å². The van der Waals surface area contributed by atoms with Gasteiger partial charge < -0.3 is 5.73 Å². The number of halogens is 2. The van der Waals surface area contributed by atoms with Crippen LogP contribution in [0.25, 0.3) is 16.7 Å². The minimum Gasteiger partial charge on any atom is -0.369 e. The van der Waals surface area contributed by atoms with E-state index in [2.05, 4.69) is 20.9 Å². The number of imidazole rings is 1. The summed E-state index contributed by atoms with van der Waals surface area (Å²) in [4.78, 5) is 4.38. The van der Waals surface area contributed by atoms with E-state index in [0.717, 1.165) is 27.8 Å². The van der Waals surface area contributed by atoms with Gasteiger partial charge in [-0.05, 0) is 59.1 Å². The molecule has 0 aliphatic rings. The van der Waals surface area contributed by atoms with Gasteiger partial charge in [0.15, 0.2) is 0 Å². The summed E-state index contributed by atoms with van der Waals surface area (Å²) in [6.45, 7) is 3.86. The zero-order valence-corrected chi connectivity index (χ0v) is 12.7. The van der Waals surface area contributed by atoms with Gasteiger partial charge in [0.2, 0.25) is 5.95 Å². The molecule has 0 aliphatic carbocycles. The lowest BCUT2D eigenvalue weighted by Crippen LogP contribution is -2.04. The SMILES string of the molecule is Cc1cc(F)c(Br)cc1-n1c(N)nc2cccc(C)c21. The largest absolute Gasteiger partial charge is 0.369 e. The number of fused-ring (bicyclic) bond motifs is 1. The molecule has 1 heterocycles. The Morgan fingerprint density at radius 1 is 1.20 bits per heavy atom. The van der Waals surface area contributed by atoms with Crippen molar-refractivity contribution >= 4 is 32.9 Å². The Morgan fingerprint density at radius 3 is 2.70 bits per heavy atom. The number of nitrogens with zero attached hydrogens (tertiary/aromatic N) is 2. The summed E-state index contributed by atoms with van der Waals surface area (Å²) in [5.41, 5.74) is 10.5. The van der Waals surface area contributed by atoms with Crippen molar-refractivity contribution in [2.45, 2.75) is 13.8 Å². The predicted octanol–water partition coefficient (Wildman–Crippen LogP) is 4.13. The topological polar surface area (TPSA) is 43.8 Å². The van der Waals surface area contributed by atoms with Gasteiger partial charge in [-0.1, -0.05) is 12.1 Å². The number of nitrogens with two attached hydrogens (primary N) is 1. The summed E-state index contributed by atoms with van der Waals surface area (Å²) in [5, 5.41) is 0. The van der Waals surface area contributed by atoms with Gasteiger partial charge in [-0.25, -0.2) is 9.37 Å². The van der Waals surface area contributed by atoms with Crippen LogP contribution in [0.3, 0.4) is 0 Å². The molecule has 102 valence electrons. The van der Waals surface area contributed by atoms with E-state index in [-0.39, 0.29) is 5.82 Å². The molecule has 2 N–H and O–H groups in total. The summed E-state index contributed by atoms with van der Waals surface area (Å²) < 4.78 is 15.9. The van der Waals surface area contributed by atoms with E-state index in [9.17, 15) is 4.39 Å². The molecule has 0 saturated heterocycles. The van der Waals surface area contributed by atoms with Crippen LogP contribution in [0.15, 0.2) is 34.8 Å². The highest BCUT2D eigenvalue weighted by atomic mass is 79.9. The van der Waals surface area contributed by atoms with Gasteiger partial charge in [0.25, 0.3) is 0 Å². The van der Waals surface area contributed by atoms with Gasteiger partial charge >= 0.3 is 0 Å². The molecule has 0 amide bonds. The van der Waals surface area contributed by atoms with Crippen molar-refractivity contribution in [3.63, 3.8) is 0 Å². The van der Waals surface area contributed by atoms with Crippen LogP contribution in [0.4, 0.5) is 10.3 Å². The van der Waals surface area contributed by atoms with E-state index in [1.807, 2.05) is 36.6 Å². The molecule has 0 unspecified atom stereocenters. The summed E-state index contributed by atoms with van der Waals surface area (Å²) >= 11 is 3.22. The molecule has 0 fully saturated rings. The number of aryl methyl sites for hydroxylation is 2. The zero-order valence-electron chi connectivity index (χ0n) is 11.1. The van der Waals surface area contributed by atoms with Crippen LogP contribution in [-0.4, -0.2) is 9.55 Å². The first-order valence-electron chi connectivity index (χ1n) is 6.18. The number of para-hydroxylation sites is 1. The lowest BCUT2D eigenvalue weighted by atomic mass is 10.1. The maximum absolute atomic E-state index is 13.6. The van der Waals surface area contributed by atoms with Crippen molar-refractivity contribution in [1.29, 1.82) is 0 Å². The highest BCUT2D eigenvalue weighted by Crippen LogP contribution is 2.30. The van der Waals surface area contributed by atoms with Gasteiger partial charge in [-0.2, -0.15) is 0 Å². The Kier molecular flexibility index (Phi) is 3.01. The monoisotopic (exact) mass is 333 g/mol. The second-order valence-electron chi connectivity index (χ2n) is 4.80. The average Bonchev–Trinajstić information content (AvgIpc) is 2.71. The summed E-state index contributed by atoms with van der Waals surface area (Å²) in [6, 6.07) is 9.09. The summed E-state index contributed by atoms with van der Waals surface area (Å²) in [5.74, 6) is 0.113. The third kappa shape index (κ3) is 1.89. The van der Waals surface area contributed by atoms with Gasteiger partial charge in [-0.3, -0.25) is 4.57 Å². The Hall–Kier alpha value is -1.88. The van der Waals surface area contributed by atoms with Crippen molar-refractivity contribution in [2.75, 3.05) is 5.73 Å². The highest BCUT2D eigenvalue weighted by Gasteiger charge is 2.15. The van der Waals surface area contributed by atoms with Crippen LogP contribution in [0.1, 0.15) is 11.1 Å². The zero-order chi connectivity index (χ0) is 14.4. The third-order valence-corrected chi connectivity index (χ3v) is 3.99. The summed E-state index contributed by atoms with van der Waals surface area (Å²) in [7, 11) is 0.